The normalized spacial score (nSPS) is 16.5. The van der Waals surface area contributed by atoms with Crippen molar-refractivity contribution in [3.05, 3.63) is 70.3 Å². The average molecular weight is 449 g/mol. The molecule has 1 fully saturated rings. The maximum Gasteiger partial charge on any atom is 0.257 e. The van der Waals surface area contributed by atoms with Crippen molar-refractivity contribution in [3.63, 3.8) is 0 Å². The Kier molecular flexibility index (Phi) is 5.41. The van der Waals surface area contributed by atoms with E-state index in [1.54, 1.807) is 34.2 Å². The topological polar surface area (TPSA) is 40.9 Å². The minimum atomic E-state index is -1.16. The molecule has 1 aliphatic rings. The van der Waals surface area contributed by atoms with Gasteiger partial charge in [0.15, 0.2) is 6.30 Å². The lowest BCUT2D eigenvalue weighted by molar-refractivity contribution is 0.0280. The average Bonchev–Trinajstić information content (AvgIpc) is 3.10. The summed E-state index contributed by atoms with van der Waals surface area (Å²) in [5.41, 5.74) is 1.88. The lowest BCUT2D eigenvalue weighted by Gasteiger charge is -2.36. The first kappa shape index (κ1) is 19.0. The largest absolute Gasteiger partial charge is 0.336 e. The van der Waals surface area contributed by atoms with Crippen LogP contribution in [0.25, 0.3) is 5.65 Å². The Morgan fingerprint density at radius 1 is 1.14 bits per heavy atom. The predicted molar refractivity (Wildman–Crippen MR) is 105 cm³/mol. The van der Waals surface area contributed by atoms with Crippen LogP contribution in [0.3, 0.4) is 0 Å². The van der Waals surface area contributed by atoms with Gasteiger partial charge in [0.05, 0.1) is 11.8 Å². The van der Waals surface area contributed by atoms with Gasteiger partial charge in [-0.1, -0.05) is 12.1 Å². The molecule has 1 aliphatic heterocycles. The van der Waals surface area contributed by atoms with Gasteiger partial charge in [0, 0.05) is 38.8 Å². The van der Waals surface area contributed by atoms with Gasteiger partial charge < -0.3 is 4.90 Å². The Balaban J connectivity index is 1.39. The van der Waals surface area contributed by atoms with E-state index in [-0.39, 0.29) is 18.1 Å². The van der Waals surface area contributed by atoms with E-state index < -0.39 is 6.30 Å². The molecule has 0 aliphatic carbocycles. The van der Waals surface area contributed by atoms with Gasteiger partial charge in [-0.05, 0) is 45.8 Å². The number of hydrogen-bond acceptors (Lipinski definition) is 3. The quantitative estimate of drug-likeness (QED) is 0.573. The Labute approximate surface area is 169 Å². The van der Waals surface area contributed by atoms with Crippen molar-refractivity contribution in [2.24, 2.45) is 0 Å². The molecule has 1 saturated heterocycles. The van der Waals surface area contributed by atoms with Gasteiger partial charge in [-0.25, -0.2) is 13.8 Å². The summed E-state index contributed by atoms with van der Waals surface area (Å²) in [5.74, 6) is -0.428. The molecule has 0 N–H and O–H groups in total. The van der Waals surface area contributed by atoms with Gasteiger partial charge in [0.1, 0.15) is 16.1 Å². The molecule has 3 heterocycles. The SMILES string of the molecule is O=C(c1cccn2c(Br)cnc12)N1CCN(C(F)Cc2ccc(F)cc2)CC1. The van der Waals surface area contributed by atoms with Crippen LogP contribution in [0.1, 0.15) is 15.9 Å². The second-order valence-electron chi connectivity index (χ2n) is 6.79. The lowest BCUT2D eigenvalue weighted by atomic mass is 10.1. The number of aromatic nitrogens is 2. The summed E-state index contributed by atoms with van der Waals surface area (Å²) in [4.78, 5) is 20.7. The zero-order chi connectivity index (χ0) is 19.7. The van der Waals surface area contributed by atoms with Gasteiger partial charge in [-0.2, -0.15) is 0 Å². The van der Waals surface area contributed by atoms with E-state index in [0.29, 0.717) is 37.4 Å². The third kappa shape index (κ3) is 3.79. The standard InChI is InChI=1S/C20H19BrF2N4O/c21-17-13-24-19-16(2-1-7-27(17)19)20(28)26-10-8-25(9-11-26)18(23)12-14-3-5-15(22)6-4-14/h1-7,13,18H,8-12H2. The second-order valence-corrected chi connectivity index (χ2v) is 7.60. The predicted octanol–water partition coefficient (Wildman–Crippen LogP) is 3.53. The smallest absolute Gasteiger partial charge is 0.257 e. The lowest BCUT2D eigenvalue weighted by Crippen LogP contribution is -2.51. The van der Waals surface area contributed by atoms with E-state index in [0.717, 1.165) is 10.2 Å². The van der Waals surface area contributed by atoms with Crippen LogP contribution in [0, 0.1) is 5.82 Å². The number of pyridine rings is 1. The van der Waals surface area contributed by atoms with Crippen molar-refractivity contribution < 1.29 is 13.6 Å². The molecular weight excluding hydrogens is 430 g/mol. The van der Waals surface area contributed by atoms with Gasteiger partial charge in [-0.3, -0.25) is 14.1 Å². The third-order valence-corrected chi connectivity index (χ3v) is 5.62. The van der Waals surface area contributed by atoms with Crippen LogP contribution in [0.15, 0.2) is 53.4 Å². The number of carbonyl (C=O) groups excluding carboxylic acids is 1. The fraction of sp³-hybridized carbons (Fsp3) is 0.300. The number of carbonyl (C=O) groups is 1. The molecule has 0 radical (unpaired) electrons. The molecule has 28 heavy (non-hydrogen) atoms. The number of nitrogens with zero attached hydrogens (tertiary/aromatic N) is 4. The number of imidazole rings is 1. The molecule has 0 spiro atoms. The minimum absolute atomic E-state index is 0.0997. The van der Waals surface area contributed by atoms with Gasteiger partial charge in [0.25, 0.3) is 5.91 Å². The van der Waals surface area contributed by atoms with E-state index in [4.69, 9.17) is 0 Å². The van der Waals surface area contributed by atoms with E-state index in [1.165, 1.54) is 12.1 Å². The highest BCUT2D eigenvalue weighted by Crippen LogP contribution is 2.19. The Morgan fingerprint density at radius 2 is 1.86 bits per heavy atom. The first-order valence-corrected chi connectivity index (χ1v) is 9.85. The van der Waals surface area contributed by atoms with Gasteiger partial charge in [0.2, 0.25) is 0 Å². The van der Waals surface area contributed by atoms with Crippen molar-refractivity contribution in [1.82, 2.24) is 19.2 Å². The number of piperazine rings is 1. The summed E-state index contributed by atoms with van der Waals surface area (Å²) >= 11 is 3.41. The Morgan fingerprint density at radius 3 is 2.57 bits per heavy atom. The molecule has 5 nitrogen and oxygen atoms in total. The molecule has 1 atom stereocenters. The van der Waals surface area contributed by atoms with Crippen LogP contribution in [0.5, 0.6) is 0 Å². The summed E-state index contributed by atoms with van der Waals surface area (Å²) in [5, 5.41) is 0. The van der Waals surface area contributed by atoms with Crippen LogP contribution < -0.4 is 0 Å². The maximum atomic E-state index is 14.6. The molecule has 2 aromatic heterocycles. The van der Waals surface area contributed by atoms with Crippen molar-refractivity contribution in [2.45, 2.75) is 12.7 Å². The number of amides is 1. The van der Waals surface area contributed by atoms with E-state index in [2.05, 4.69) is 20.9 Å². The zero-order valence-electron chi connectivity index (χ0n) is 15.1. The second kappa shape index (κ2) is 7.97. The molecule has 1 amide bonds. The number of rotatable bonds is 4. The molecule has 8 heteroatoms. The first-order valence-electron chi connectivity index (χ1n) is 9.06. The van der Waals surface area contributed by atoms with Crippen molar-refractivity contribution >= 4 is 27.5 Å². The van der Waals surface area contributed by atoms with Gasteiger partial charge in [-0.15, -0.1) is 0 Å². The van der Waals surface area contributed by atoms with E-state index in [1.807, 2.05) is 16.7 Å². The molecule has 1 aromatic carbocycles. The fourth-order valence-corrected chi connectivity index (χ4v) is 3.86. The molecule has 1 unspecified atom stereocenters. The number of hydrogen-bond donors (Lipinski definition) is 0. The van der Waals surface area contributed by atoms with Crippen molar-refractivity contribution in [1.29, 1.82) is 0 Å². The highest BCUT2D eigenvalue weighted by Gasteiger charge is 2.27. The van der Waals surface area contributed by atoms with Crippen LogP contribution >= 0.6 is 15.9 Å². The summed E-state index contributed by atoms with van der Waals surface area (Å²) in [6.07, 6.45) is 2.54. The van der Waals surface area contributed by atoms with E-state index >= 15 is 0 Å². The molecule has 146 valence electrons. The zero-order valence-corrected chi connectivity index (χ0v) is 16.6. The van der Waals surface area contributed by atoms with Crippen LogP contribution in [-0.2, 0) is 6.42 Å². The highest BCUT2D eigenvalue weighted by atomic mass is 79.9. The van der Waals surface area contributed by atoms with Crippen molar-refractivity contribution in [2.75, 3.05) is 26.2 Å². The highest BCUT2D eigenvalue weighted by molar-refractivity contribution is 9.10. The number of alkyl halides is 1. The Bertz CT molecular complexity index is 984. The first-order chi connectivity index (χ1) is 13.5. The van der Waals surface area contributed by atoms with E-state index in [9.17, 15) is 13.6 Å². The Hall–Kier alpha value is -2.32. The van der Waals surface area contributed by atoms with Crippen LogP contribution in [0.4, 0.5) is 8.78 Å². The van der Waals surface area contributed by atoms with Crippen LogP contribution in [-0.4, -0.2) is 57.6 Å². The molecule has 0 saturated carbocycles. The summed E-state index contributed by atoms with van der Waals surface area (Å²) in [7, 11) is 0. The number of halogens is 3. The molecule has 0 bridgehead atoms. The molecule has 3 aromatic rings. The van der Waals surface area contributed by atoms with Gasteiger partial charge >= 0.3 is 0 Å². The fourth-order valence-electron chi connectivity index (χ4n) is 3.47. The summed E-state index contributed by atoms with van der Waals surface area (Å²) in [6, 6.07) is 9.45. The third-order valence-electron chi connectivity index (χ3n) is 5.04. The molecular formula is C20H19BrF2N4O. The molecule has 4 rings (SSSR count). The summed E-state index contributed by atoms with van der Waals surface area (Å²) in [6.45, 7) is 1.81. The summed E-state index contributed by atoms with van der Waals surface area (Å²) < 4.78 is 30.2. The maximum absolute atomic E-state index is 14.6. The van der Waals surface area contributed by atoms with Crippen molar-refractivity contribution in [3.8, 4) is 0 Å². The minimum Gasteiger partial charge on any atom is -0.336 e. The number of fused-ring (bicyclic) bond motifs is 1. The number of benzene rings is 1. The monoisotopic (exact) mass is 448 g/mol. The van der Waals surface area contributed by atoms with Crippen LogP contribution in [0.2, 0.25) is 0 Å².